The Morgan fingerprint density at radius 2 is 1.89 bits per heavy atom. The maximum absolute atomic E-state index is 12.3. The van der Waals surface area contributed by atoms with E-state index in [1.54, 1.807) is 0 Å². The minimum atomic E-state index is -1.04. The maximum atomic E-state index is 12.3. The Labute approximate surface area is 162 Å². The molecule has 2 atom stereocenters. The van der Waals surface area contributed by atoms with Crippen LogP contribution in [0.1, 0.15) is 42.1 Å². The first-order chi connectivity index (χ1) is 13.3. The topological polar surface area (TPSA) is 125 Å². The molecule has 148 valence electrons. The molecule has 2 aromatic rings. The molecule has 0 spiro atoms. The summed E-state index contributed by atoms with van der Waals surface area (Å²) in [6.45, 7) is 3.89. The van der Waals surface area contributed by atoms with E-state index in [0.29, 0.717) is 6.54 Å². The average Bonchev–Trinajstić information content (AvgIpc) is 2.69. The number of rotatable bonds is 8. The van der Waals surface area contributed by atoms with Crippen LogP contribution in [-0.4, -0.2) is 29.4 Å². The van der Waals surface area contributed by atoms with Crippen molar-refractivity contribution in [3.8, 4) is 0 Å². The first kappa shape index (κ1) is 20.9. The largest absolute Gasteiger partial charge is 0.449 e. The summed E-state index contributed by atoms with van der Waals surface area (Å²) in [7, 11) is 0. The highest BCUT2D eigenvalue weighted by Gasteiger charge is 2.22. The summed E-state index contributed by atoms with van der Waals surface area (Å²) in [6.07, 6.45) is -0.203. The van der Waals surface area contributed by atoms with Crippen molar-refractivity contribution in [3.63, 3.8) is 0 Å². The van der Waals surface area contributed by atoms with Gasteiger partial charge in [0.05, 0.1) is 10.5 Å². The van der Waals surface area contributed by atoms with E-state index in [2.05, 4.69) is 5.32 Å². The zero-order chi connectivity index (χ0) is 20.7. The average molecular weight is 385 g/mol. The highest BCUT2D eigenvalue weighted by atomic mass is 16.6. The zero-order valence-electron chi connectivity index (χ0n) is 15.8. The summed E-state index contributed by atoms with van der Waals surface area (Å²) < 4.78 is 5.13. The fourth-order valence-electron chi connectivity index (χ4n) is 2.70. The van der Waals surface area contributed by atoms with Crippen molar-refractivity contribution < 1.29 is 19.2 Å². The van der Waals surface area contributed by atoms with Crippen molar-refractivity contribution in [2.24, 2.45) is 0 Å². The molecule has 28 heavy (non-hydrogen) atoms. The molecule has 0 saturated carbocycles. The predicted octanol–water partition coefficient (Wildman–Crippen LogP) is 3.03. The van der Waals surface area contributed by atoms with E-state index in [-0.39, 0.29) is 22.9 Å². The SMILES string of the molecule is CC[C@H](CNC(=O)[C@@H](C)OC(=O)c1ccc(N)c([N+](=O)[O-])c1)c1ccccc1. The van der Waals surface area contributed by atoms with E-state index in [9.17, 15) is 19.7 Å². The number of carbonyl (C=O) groups excluding carboxylic acids is 2. The Balaban J connectivity index is 1.95. The summed E-state index contributed by atoms with van der Waals surface area (Å²) in [5.41, 5.74) is 6.14. The lowest BCUT2D eigenvalue weighted by Crippen LogP contribution is -2.38. The molecule has 0 bridgehead atoms. The van der Waals surface area contributed by atoms with Gasteiger partial charge in [-0.05, 0) is 31.0 Å². The fourth-order valence-corrected chi connectivity index (χ4v) is 2.70. The Bertz CT molecular complexity index is 854. The molecule has 2 aromatic carbocycles. The third-order valence-electron chi connectivity index (χ3n) is 4.40. The first-order valence-electron chi connectivity index (χ1n) is 8.91. The van der Waals surface area contributed by atoms with Gasteiger partial charge in [0, 0.05) is 18.5 Å². The number of nitrogens with two attached hydrogens (primary N) is 1. The second kappa shape index (κ2) is 9.50. The van der Waals surface area contributed by atoms with Crippen LogP contribution in [0.15, 0.2) is 48.5 Å². The highest BCUT2D eigenvalue weighted by Crippen LogP contribution is 2.23. The van der Waals surface area contributed by atoms with Gasteiger partial charge >= 0.3 is 5.97 Å². The molecule has 8 heteroatoms. The van der Waals surface area contributed by atoms with Gasteiger partial charge in [0.25, 0.3) is 11.6 Å². The lowest BCUT2D eigenvalue weighted by atomic mass is 9.96. The van der Waals surface area contributed by atoms with Gasteiger partial charge in [-0.1, -0.05) is 37.3 Å². The number of carbonyl (C=O) groups is 2. The number of nitro benzene ring substituents is 1. The van der Waals surface area contributed by atoms with Crippen LogP contribution in [0.5, 0.6) is 0 Å². The molecule has 0 fully saturated rings. The molecule has 0 aliphatic rings. The van der Waals surface area contributed by atoms with Gasteiger partial charge in [0.1, 0.15) is 5.69 Å². The van der Waals surface area contributed by atoms with Crippen LogP contribution in [0.4, 0.5) is 11.4 Å². The first-order valence-corrected chi connectivity index (χ1v) is 8.91. The van der Waals surface area contributed by atoms with Gasteiger partial charge < -0.3 is 15.8 Å². The Morgan fingerprint density at radius 1 is 1.21 bits per heavy atom. The number of nitrogens with one attached hydrogen (secondary N) is 1. The molecule has 8 nitrogen and oxygen atoms in total. The number of nitrogens with zero attached hydrogens (tertiary/aromatic N) is 1. The fraction of sp³-hybridized carbons (Fsp3) is 0.300. The third-order valence-corrected chi connectivity index (χ3v) is 4.40. The summed E-state index contributed by atoms with van der Waals surface area (Å²) in [5.74, 6) is -1.12. The second-order valence-corrected chi connectivity index (χ2v) is 6.34. The molecule has 0 aliphatic heterocycles. The van der Waals surface area contributed by atoms with Crippen LogP contribution in [-0.2, 0) is 9.53 Å². The van der Waals surface area contributed by atoms with Crippen LogP contribution >= 0.6 is 0 Å². The number of nitro groups is 1. The van der Waals surface area contributed by atoms with Crippen LogP contribution < -0.4 is 11.1 Å². The van der Waals surface area contributed by atoms with Crippen molar-refractivity contribution in [1.82, 2.24) is 5.32 Å². The van der Waals surface area contributed by atoms with Gasteiger partial charge in [-0.3, -0.25) is 14.9 Å². The van der Waals surface area contributed by atoms with Gasteiger partial charge in [-0.25, -0.2) is 4.79 Å². The molecule has 1 amide bonds. The standard InChI is InChI=1S/C20H23N3O5/c1-3-14(15-7-5-4-6-8-15)12-22-19(24)13(2)28-20(25)16-9-10-17(21)18(11-16)23(26)27/h4-11,13-14H,3,12,21H2,1-2H3,(H,22,24)/t13-,14-/m1/s1. The van der Waals surface area contributed by atoms with Crippen molar-refractivity contribution in [3.05, 3.63) is 69.8 Å². The number of benzene rings is 2. The van der Waals surface area contributed by atoms with Gasteiger partial charge in [-0.2, -0.15) is 0 Å². The quantitative estimate of drug-likeness (QED) is 0.311. The number of ether oxygens (including phenoxy) is 1. The number of nitrogen functional groups attached to an aromatic ring is 1. The molecule has 0 saturated heterocycles. The summed E-state index contributed by atoms with van der Waals surface area (Å²) in [4.78, 5) is 34.7. The number of amides is 1. The highest BCUT2D eigenvalue weighted by molar-refractivity contribution is 5.93. The lowest BCUT2D eigenvalue weighted by molar-refractivity contribution is -0.383. The molecular weight excluding hydrogens is 362 g/mol. The van der Waals surface area contributed by atoms with E-state index in [1.807, 2.05) is 37.3 Å². The normalized spacial score (nSPS) is 12.6. The van der Waals surface area contributed by atoms with Crippen molar-refractivity contribution in [2.45, 2.75) is 32.3 Å². The van der Waals surface area contributed by atoms with E-state index in [0.717, 1.165) is 18.1 Å². The zero-order valence-corrected chi connectivity index (χ0v) is 15.8. The summed E-state index contributed by atoms with van der Waals surface area (Å²) in [5, 5.41) is 13.7. The maximum Gasteiger partial charge on any atom is 0.339 e. The van der Waals surface area contributed by atoms with Crippen LogP contribution in [0, 0.1) is 10.1 Å². The van der Waals surface area contributed by atoms with E-state index < -0.39 is 22.9 Å². The smallest absolute Gasteiger partial charge is 0.339 e. The van der Waals surface area contributed by atoms with Crippen LogP contribution in [0.3, 0.4) is 0 Å². The Morgan fingerprint density at radius 3 is 2.50 bits per heavy atom. The molecule has 0 heterocycles. The minimum absolute atomic E-state index is 0.0451. The third kappa shape index (κ3) is 5.29. The van der Waals surface area contributed by atoms with E-state index >= 15 is 0 Å². The monoisotopic (exact) mass is 385 g/mol. The number of hydrogen-bond donors (Lipinski definition) is 2. The minimum Gasteiger partial charge on any atom is -0.449 e. The molecule has 3 N–H and O–H groups in total. The molecular formula is C20H23N3O5. The predicted molar refractivity (Wildman–Crippen MR) is 105 cm³/mol. The van der Waals surface area contributed by atoms with Gasteiger partial charge in [-0.15, -0.1) is 0 Å². The molecule has 2 rings (SSSR count). The summed E-state index contributed by atoms with van der Waals surface area (Å²) in [6, 6.07) is 13.4. The Hall–Kier alpha value is -3.42. The van der Waals surface area contributed by atoms with Gasteiger partial charge in [0.15, 0.2) is 6.10 Å². The number of hydrogen-bond acceptors (Lipinski definition) is 6. The van der Waals surface area contributed by atoms with Crippen LogP contribution in [0.2, 0.25) is 0 Å². The Kier molecular flexibility index (Phi) is 7.08. The number of esters is 1. The van der Waals surface area contributed by atoms with Gasteiger partial charge in [0.2, 0.25) is 0 Å². The van der Waals surface area contributed by atoms with E-state index in [4.69, 9.17) is 10.5 Å². The van der Waals surface area contributed by atoms with Crippen LogP contribution in [0.25, 0.3) is 0 Å². The van der Waals surface area contributed by atoms with Crippen molar-refractivity contribution in [2.75, 3.05) is 12.3 Å². The number of anilines is 1. The van der Waals surface area contributed by atoms with Crippen molar-refractivity contribution in [1.29, 1.82) is 0 Å². The van der Waals surface area contributed by atoms with E-state index in [1.165, 1.54) is 19.1 Å². The lowest BCUT2D eigenvalue weighted by Gasteiger charge is -2.18. The molecule has 0 unspecified atom stereocenters. The molecule has 0 radical (unpaired) electrons. The molecule has 0 aliphatic carbocycles. The second-order valence-electron chi connectivity index (χ2n) is 6.34. The van der Waals surface area contributed by atoms with Crippen molar-refractivity contribution >= 4 is 23.3 Å². The summed E-state index contributed by atoms with van der Waals surface area (Å²) >= 11 is 0. The molecule has 0 aromatic heterocycles.